The Kier molecular flexibility index (Phi) is 6.25. The van der Waals surface area contributed by atoms with E-state index in [1.807, 2.05) is 17.9 Å². The van der Waals surface area contributed by atoms with Crippen LogP contribution in [0.25, 0.3) is 0 Å². The molecule has 0 atom stereocenters. The highest BCUT2D eigenvalue weighted by atomic mass is 35.5. The van der Waals surface area contributed by atoms with Crippen LogP contribution in [0.3, 0.4) is 0 Å². The second-order valence-electron chi connectivity index (χ2n) is 5.93. The van der Waals surface area contributed by atoms with Crippen LogP contribution < -0.4 is 20.3 Å². The lowest BCUT2D eigenvalue weighted by atomic mass is 10.2. The number of ether oxygens (including phenoxy) is 2. The van der Waals surface area contributed by atoms with E-state index in [4.69, 9.17) is 21.1 Å². The maximum Gasteiger partial charge on any atom is 0.321 e. The van der Waals surface area contributed by atoms with Crippen molar-refractivity contribution in [3.05, 3.63) is 34.6 Å². The molecule has 2 heterocycles. The fourth-order valence-corrected chi connectivity index (χ4v) is 2.79. The van der Waals surface area contributed by atoms with Crippen LogP contribution >= 0.6 is 11.6 Å². The van der Waals surface area contributed by atoms with Crippen molar-refractivity contribution in [3.63, 3.8) is 0 Å². The maximum absolute atomic E-state index is 12.2. The second-order valence-corrected chi connectivity index (χ2v) is 6.34. The van der Waals surface area contributed by atoms with Crippen molar-refractivity contribution in [2.45, 2.75) is 13.5 Å². The number of hydrogen-bond acceptors (Lipinski definition) is 7. The van der Waals surface area contributed by atoms with Crippen LogP contribution in [0, 0.1) is 6.92 Å². The van der Waals surface area contributed by atoms with Crippen LogP contribution in [0.2, 0.25) is 5.02 Å². The van der Waals surface area contributed by atoms with E-state index in [1.54, 1.807) is 12.1 Å². The molecule has 0 aliphatic carbocycles. The third kappa shape index (κ3) is 5.18. The van der Waals surface area contributed by atoms with Gasteiger partial charge in [0.15, 0.2) is 5.82 Å². The molecular weight excluding hydrogens is 372 g/mol. The molecule has 2 N–H and O–H groups in total. The molecule has 0 saturated carbocycles. The predicted octanol–water partition coefficient (Wildman–Crippen LogP) is 2.00. The number of carbonyl (C=O) groups is 1. The third-order valence-electron chi connectivity index (χ3n) is 3.91. The van der Waals surface area contributed by atoms with Gasteiger partial charge in [-0.2, -0.15) is 15.0 Å². The third-order valence-corrected chi connectivity index (χ3v) is 4.22. The van der Waals surface area contributed by atoms with Gasteiger partial charge in [0.1, 0.15) is 0 Å². The maximum atomic E-state index is 12.2. The summed E-state index contributed by atoms with van der Waals surface area (Å²) >= 11 is 6.13. The predicted molar refractivity (Wildman–Crippen MR) is 101 cm³/mol. The molecule has 2 aromatic rings. The van der Waals surface area contributed by atoms with Crippen LogP contribution in [-0.4, -0.2) is 54.4 Å². The van der Waals surface area contributed by atoms with E-state index in [2.05, 4.69) is 25.6 Å². The van der Waals surface area contributed by atoms with Gasteiger partial charge in [0, 0.05) is 13.1 Å². The van der Waals surface area contributed by atoms with Crippen molar-refractivity contribution < 1.29 is 14.3 Å². The number of nitrogens with zero attached hydrogens (tertiary/aromatic N) is 4. The molecule has 0 radical (unpaired) electrons. The molecular formula is C17H21ClN6O3. The minimum absolute atomic E-state index is 0.117. The first-order chi connectivity index (χ1) is 13.0. The standard InChI is InChI=1S/C17H21ClN6O3/c1-11-3-4-13(12(18)9-11)20-16(25)19-10-14-21-15(23-17(22-14)26-2)24-5-7-27-8-6-24/h3-4,9H,5-8,10H2,1-2H3,(H2,19,20,25). The summed E-state index contributed by atoms with van der Waals surface area (Å²) in [7, 11) is 1.49. The molecule has 3 rings (SSSR count). The molecule has 0 bridgehead atoms. The van der Waals surface area contributed by atoms with E-state index >= 15 is 0 Å². The van der Waals surface area contributed by atoms with Gasteiger partial charge in [-0.25, -0.2) is 4.79 Å². The summed E-state index contributed by atoms with van der Waals surface area (Å²) in [5.41, 5.74) is 1.54. The van der Waals surface area contributed by atoms with Gasteiger partial charge < -0.3 is 25.0 Å². The summed E-state index contributed by atoms with van der Waals surface area (Å²) in [4.78, 5) is 27.0. The number of urea groups is 1. The Hall–Kier alpha value is -2.65. The number of hydrogen-bond donors (Lipinski definition) is 2. The molecule has 9 nitrogen and oxygen atoms in total. The van der Waals surface area contributed by atoms with Crippen molar-refractivity contribution in [2.75, 3.05) is 43.6 Å². The fourth-order valence-electron chi connectivity index (χ4n) is 2.51. The molecule has 2 amide bonds. The van der Waals surface area contributed by atoms with Crippen molar-refractivity contribution in [3.8, 4) is 6.01 Å². The summed E-state index contributed by atoms with van der Waals surface area (Å²) in [6.07, 6.45) is 0. The van der Waals surface area contributed by atoms with Crippen molar-refractivity contribution in [1.82, 2.24) is 20.3 Å². The van der Waals surface area contributed by atoms with Gasteiger partial charge in [0.2, 0.25) is 5.95 Å². The van der Waals surface area contributed by atoms with Crippen LogP contribution in [0.4, 0.5) is 16.4 Å². The Balaban J connectivity index is 1.64. The number of anilines is 2. The molecule has 1 aromatic carbocycles. The Morgan fingerprint density at radius 1 is 1.30 bits per heavy atom. The summed E-state index contributed by atoms with van der Waals surface area (Å²) in [6.45, 7) is 4.64. The Bertz CT molecular complexity index is 813. The first-order valence-corrected chi connectivity index (χ1v) is 8.85. The zero-order valence-electron chi connectivity index (χ0n) is 15.2. The largest absolute Gasteiger partial charge is 0.467 e. The number of nitrogens with one attached hydrogen (secondary N) is 2. The number of morpholine rings is 1. The second kappa shape index (κ2) is 8.83. The van der Waals surface area contributed by atoms with E-state index in [-0.39, 0.29) is 12.6 Å². The van der Waals surface area contributed by atoms with Crippen LogP contribution in [0.15, 0.2) is 18.2 Å². The summed E-state index contributed by atoms with van der Waals surface area (Å²) in [5, 5.41) is 5.89. The lowest BCUT2D eigenvalue weighted by Gasteiger charge is -2.26. The Morgan fingerprint density at radius 3 is 2.78 bits per heavy atom. The Morgan fingerprint density at radius 2 is 2.07 bits per heavy atom. The molecule has 10 heteroatoms. The number of benzene rings is 1. The van der Waals surface area contributed by atoms with Gasteiger partial charge in [0.05, 0.1) is 37.6 Å². The van der Waals surface area contributed by atoms with E-state index < -0.39 is 6.03 Å². The minimum Gasteiger partial charge on any atom is -0.467 e. The number of amides is 2. The normalized spacial score (nSPS) is 14.0. The lowest BCUT2D eigenvalue weighted by molar-refractivity contribution is 0.122. The molecule has 1 saturated heterocycles. The molecule has 0 unspecified atom stereocenters. The van der Waals surface area contributed by atoms with Gasteiger partial charge in [-0.1, -0.05) is 17.7 Å². The van der Waals surface area contributed by atoms with E-state index in [1.165, 1.54) is 7.11 Å². The lowest BCUT2D eigenvalue weighted by Crippen LogP contribution is -2.38. The van der Waals surface area contributed by atoms with E-state index in [0.29, 0.717) is 48.8 Å². The zero-order chi connectivity index (χ0) is 19.2. The van der Waals surface area contributed by atoms with Gasteiger partial charge in [-0.3, -0.25) is 0 Å². The van der Waals surface area contributed by atoms with Crippen molar-refractivity contribution >= 4 is 29.3 Å². The van der Waals surface area contributed by atoms with Gasteiger partial charge >= 0.3 is 12.0 Å². The van der Waals surface area contributed by atoms with Gasteiger partial charge in [-0.15, -0.1) is 0 Å². The molecule has 144 valence electrons. The SMILES string of the molecule is COc1nc(CNC(=O)Nc2ccc(C)cc2Cl)nc(N2CCOCC2)n1. The number of aromatic nitrogens is 3. The molecule has 1 aliphatic heterocycles. The van der Waals surface area contributed by atoms with E-state index in [0.717, 1.165) is 5.56 Å². The number of aryl methyl sites for hydroxylation is 1. The highest BCUT2D eigenvalue weighted by molar-refractivity contribution is 6.33. The Labute approximate surface area is 162 Å². The molecule has 0 spiro atoms. The quantitative estimate of drug-likeness (QED) is 0.802. The minimum atomic E-state index is -0.409. The number of halogens is 1. The number of carbonyl (C=O) groups excluding carboxylic acids is 1. The highest BCUT2D eigenvalue weighted by Crippen LogP contribution is 2.22. The first kappa shape index (κ1) is 19.1. The van der Waals surface area contributed by atoms with Crippen molar-refractivity contribution in [2.24, 2.45) is 0 Å². The molecule has 27 heavy (non-hydrogen) atoms. The van der Waals surface area contributed by atoms with Crippen LogP contribution in [0.1, 0.15) is 11.4 Å². The van der Waals surface area contributed by atoms with Crippen LogP contribution in [0.5, 0.6) is 6.01 Å². The summed E-state index contributed by atoms with van der Waals surface area (Å²) in [6, 6.07) is 5.19. The monoisotopic (exact) mass is 392 g/mol. The number of methoxy groups -OCH3 is 1. The van der Waals surface area contributed by atoms with Gasteiger partial charge in [-0.05, 0) is 24.6 Å². The summed E-state index contributed by atoms with van der Waals surface area (Å²) in [5.74, 6) is 0.900. The molecule has 1 fully saturated rings. The van der Waals surface area contributed by atoms with Crippen LogP contribution in [-0.2, 0) is 11.3 Å². The van der Waals surface area contributed by atoms with Crippen molar-refractivity contribution in [1.29, 1.82) is 0 Å². The average Bonchev–Trinajstić information content (AvgIpc) is 2.69. The average molecular weight is 393 g/mol. The number of rotatable bonds is 5. The van der Waals surface area contributed by atoms with Gasteiger partial charge in [0.25, 0.3) is 0 Å². The summed E-state index contributed by atoms with van der Waals surface area (Å²) < 4.78 is 10.5. The molecule has 1 aliphatic rings. The topological polar surface area (TPSA) is 102 Å². The highest BCUT2D eigenvalue weighted by Gasteiger charge is 2.17. The fraction of sp³-hybridized carbons (Fsp3) is 0.412. The zero-order valence-corrected chi connectivity index (χ0v) is 15.9. The van der Waals surface area contributed by atoms with E-state index in [9.17, 15) is 4.79 Å². The first-order valence-electron chi connectivity index (χ1n) is 8.48. The smallest absolute Gasteiger partial charge is 0.321 e. The molecule has 1 aromatic heterocycles.